The lowest BCUT2D eigenvalue weighted by Gasteiger charge is -2.40. The number of likely N-dealkylation sites (tertiary alicyclic amines) is 1. The van der Waals surface area contributed by atoms with E-state index in [9.17, 15) is 0 Å². The van der Waals surface area contributed by atoms with Crippen LogP contribution in [0.25, 0.3) is 0 Å². The molecule has 104 valence electrons. The molecule has 1 saturated heterocycles. The Morgan fingerprint density at radius 1 is 1.58 bits per heavy atom. The number of hydrogen-bond acceptors (Lipinski definition) is 4. The fourth-order valence-electron chi connectivity index (χ4n) is 2.40. The zero-order valence-corrected chi connectivity index (χ0v) is 13.3. The van der Waals surface area contributed by atoms with Crippen molar-refractivity contribution in [1.82, 2.24) is 9.88 Å². The van der Waals surface area contributed by atoms with Gasteiger partial charge in [-0.15, -0.1) is 0 Å². The second kappa shape index (κ2) is 6.39. The summed E-state index contributed by atoms with van der Waals surface area (Å²) in [6, 6.07) is 1.98. The number of thiocarbonyl (C=S) groups is 1. The summed E-state index contributed by atoms with van der Waals surface area (Å²) in [4.78, 5) is 7.05. The summed E-state index contributed by atoms with van der Waals surface area (Å²) < 4.78 is -0.0200. The highest BCUT2D eigenvalue weighted by Gasteiger charge is 2.36. The van der Waals surface area contributed by atoms with E-state index >= 15 is 0 Å². The van der Waals surface area contributed by atoms with Crippen LogP contribution in [0.3, 0.4) is 0 Å². The standard InChI is InChI=1S/C13H18ClN3S2/c1-19-13(12(15)18)3-6-17(7-4-13)9-10-2-5-16-8-11(10)14/h2,5,8H,3-4,6-7,9H2,1H3,(H2,15,18). The van der Waals surface area contributed by atoms with E-state index in [2.05, 4.69) is 16.1 Å². The highest BCUT2D eigenvalue weighted by molar-refractivity contribution is 8.02. The highest BCUT2D eigenvalue weighted by Crippen LogP contribution is 2.35. The number of halogens is 1. The molecule has 1 aliphatic heterocycles. The molecule has 1 aliphatic rings. The summed E-state index contributed by atoms with van der Waals surface area (Å²) in [5.74, 6) is 0. The van der Waals surface area contributed by atoms with Crippen molar-refractivity contribution in [1.29, 1.82) is 0 Å². The fourth-order valence-corrected chi connectivity index (χ4v) is 3.82. The highest BCUT2D eigenvalue weighted by atomic mass is 35.5. The largest absolute Gasteiger partial charge is 0.392 e. The maximum absolute atomic E-state index is 6.14. The molecule has 2 heterocycles. The van der Waals surface area contributed by atoms with Crippen molar-refractivity contribution >= 4 is 40.6 Å². The maximum atomic E-state index is 6.14. The summed E-state index contributed by atoms with van der Waals surface area (Å²) in [6.07, 6.45) is 7.58. The van der Waals surface area contributed by atoms with Crippen molar-refractivity contribution in [3.8, 4) is 0 Å². The Morgan fingerprint density at radius 3 is 2.79 bits per heavy atom. The van der Waals surface area contributed by atoms with Crippen molar-refractivity contribution in [2.45, 2.75) is 24.1 Å². The van der Waals surface area contributed by atoms with Crippen LogP contribution in [0.2, 0.25) is 5.02 Å². The Kier molecular flexibility index (Phi) is 5.06. The number of piperidine rings is 1. The van der Waals surface area contributed by atoms with Gasteiger partial charge in [-0.3, -0.25) is 9.88 Å². The molecule has 3 nitrogen and oxygen atoms in total. The monoisotopic (exact) mass is 315 g/mol. The van der Waals surface area contributed by atoms with Gasteiger partial charge < -0.3 is 5.73 Å². The van der Waals surface area contributed by atoms with Crippen molar-refractivity contribution in [2.24, 2.45) is 5.73 Å². The van der Waals surface area contributed by atoms with Crippen molar-refractivity contribution in [3.63, 3.8) is 0 Å². The number of nitrogens with two attached hydrogens (primary N) is 1. The summed E-state index contributed by atoms with van der Waals surface area (Å²) in [5, 5.41) is 0.735. The van der Waals surface area contributed by atoms with Crippen LogP contribution in [0, 0.1) is 0 Å². The average molecular weight is 316 g/mol. The van der Waals surface area contributed by atoms with Crippen LogP contribution < -0.4 is 5.73 Å². The Bertz CT molecular complexity index is 459. The second-order valence-electron chi connectivity index (χ2n) is 4.81. The van der Waals surface area contributed by atoms with E-state index in [0.29, 0.717) is 4.99 Å². The fraction of sp³-hybridized carbons (Fsp3) is 0.538. The third-order valence-electron chi connectivity index (χ3n) is 3.75. The number of aromatic nitrogens is 1. The number of hydrogen-bond donors (Lipinski definition) is 1. The minimum absolute atomic E-state index is 0.0200. The number of pyridine rings is 1. The Balaban J connectivity index is 1.97. The first-order chi connectivity index (χ1) is 9.07. The predicted octanol–water partition coefficient (Wildman–Crippen LogP) is 2.72. The molecule has 0 radical (unpaired) electrons. The van der Waals surface area contributed by atoms with E-state index < -0.39 is 0 Å². The summed E-state index contributed by atoms with van der Waals surface area (Å²) in [6.45, 7) is 2.86. The molecule has 0 spiro atoms. The molecule has 0 saturated carbocycles. The molecule has 0 amide bonds. The topological polar surface area (TPSA) is 42.1 Å². The van der Waals surface area contributed by atoms with E-state index in [4.69, 9.17) is 29.6 Å². The molecule has 2 rings (SSSR count). The second-order valence-corrected chi connectivity index (χ2v) is 6.84. The van der Waals surface area contributed by atoms with Crippen LogP contribution in [0.1, 0.15) is 18.4 Å². The number of thioether (sulfide) groups is 1. The quantitative estimate of drug-likeness (QED) is 0.865. The number of rotatable bonds is 4. The molecule has 1 aromatic heterocycles. The van der Waals surface area contributed by atoms with Crippen molar-refractivity contribution in [3.05, 3.63) is 29.0 Å². The molecule has 0 atom stereocenters. The van der Waals surface area contributed by atoms with Gasteiger partial charge in [0, 0.05) is 32.0 Å². The summed E-state index contributed by atoms with van der Waals surface area (Å²) in [5.41, 5.74) is 7.03. The summed E-state index contributed by atoms with van der Waals surface area (Å²) >= 11 is 13.2. The molecule has 19 heavy (non-hydrogen) atoms. The minimum Gasteiger partial charge on any atom is -0.392 e. The molecule has 0 unspecified atom stereocenters. The third-order valence-corrected chi connectivity index (χ3v) is 6.02. The normalized spacial score (nSPS) is 19.3. The van der Waals surface area contributed by atoms with Gasteiger partial charge in [0.2, 0.25) is 0 Å². The molecule has 1 fully saturated rings. The molecular formula is C13H18ClN3S2. The molecule has 0 aliphatic carbocycles. The Hall–Kier alpha value is -0.360. The lowest BCUT2D eigenvalue weighted by molar-refractivity contribution is 0.212. The van der Waals surface area contributed by atoms with Gasteiger partial charge in [-0.25, -0.2) is 0 Å². The van der Waals surface area contributed by atoms with E-state index in [1.54, 1.807) is 24.2 Å². The first kappa shape index (κ1) is 15.0. The van der Waals surface area contributed by atoms with E-state index in [-0.39, 0.29) is 4.75 Å². The van der Waals surface area contributed by atoms with Crippen LogP contribution in [0.15, 0.2) is 18.5 Å². The van der Waals surface area contributed by atoms with Crippen LogP contribution in [-0.4, -0.2) is 39.0 Å². The van der Waals surface area contributed by atoms with E-state index in [1.165, 1.54) is 0 Å². The number of nitrogens with zero attached hydrogens (tertiary/aromatic N) is 2. The van der Waals surface area contributed by atoms with Crippen molar-refractivity contribution < 1.29 is 0 Å². The minimum atomic E-state index is -0.0200. The SMILES string of the molecule is CSC1(C(N)=S)CCN(Cc2ccncc2Cl)CC1. The zero-order chi connectivity index (χ0) is 13.9. The lowest BCUT2D eigenvalue weighted by Crippen LogP contribution is -2.48. The third kappa shape index (κ3) is 3.40. The van der Waals surface area contributed by atoms with Gasteiger partial charge in [-0.1, -0.05) is 23.8 Å². The molecule has 0 bridgehead atoms. The first-order valence-electron chi connectivity index (χ1n) is 6.23. The van der Waals surface area contributed by atoms with Crippen LogP contribution in [0.5, 0.6) is 0 Å². The van der Waals surface area contributed by atoms with E-state index in [1.807, 2.05) is 6.07 Å². The molecule has 0 aromatic carbocycles. The van der Waals surface area contributed by atoms with Crippen molar-refractivity contribution in [2.75, 3.05) is 19.3 Å². The van der Waals surface area contributed by atoms with Gasteiger partial charge in [-0.2, -0.15) is 11.8 Å². The van der Waals surface area contributed by atoms with Gasteiger partial charge >= 0.3 is 0 Å². The Labute approximate surface area is 128 Å². The smallest absolute Gasteiger partial charge is 0.0891 e. The van der Waals surface area contributed by atoms with Gasteiger partial charge in [0.25, 0.3) is 0 Å². The Morgan fingerprint density at radius 2 is 2.26 bits per heavy atom. The average Bonchev–Trinajstić information content (AvgIpc) is 2.42. The van der Waals surface area contributed by atoms with E-state index in [0.717, 1.165) is 43.1 Å². The van der Waals surface area contributed by atoms with Crippen LogP contribution >= 0.6 is 35.6 Å². The molecule has 1 aromatic rings. The molecular weight excluding hydrogens is 298 g/mol. The molecule has 6 heteroatoms. The van der Waals surface area contributed by atoms with Crippen LogP contribution in [-0.2, 0) is 6.54 Å². The van der Waals surface area contributed by atoms with Crippen LogP contribution in [0.4, 0.5) is 0 Å². The first-order valence-corrected chi connectivity index (χ1v) is 8.24. The predicted molar refractivity (Wildman–Crippen MR) is 86.8 cm³/mol. The summed E-state index contributed by atoms with van der Waals surface area (Å²) in [7, 11) is 0. The molecule has 2 N–H and O–H groups in total. The van der Waals surface area contributed by atoms with Gasteiger partial charge in [0.15, 0.2) is 0 Å². The maximum Gasteiger partial charge on any atom is 0.0891 e. The van der Waals surface area contributed by atoms with Gasteiger partial charge in [0.1, 0.15) is 0 Å². The van der Waals surface area contributed by atoms with Gasteiger partial charge in [0.05, 0.1) is 14.8 Å². The lowest BCUT2D eigenvalue weighted by atomic mass is 9.95. The zero-order valence-electron chi connectivity index (χ0n) is 10.9. The van der Waals surface area contributed by atoms with Gasteiger partial charge in [-0.05, 0) is 30.7 Å².